The standard InChI is InChI=1S/C8H5Cl2NO3/c9-6-2-1-5(3-7(6)10)14-11-4-8(12)13/h1-4H,(H,12,13)/b11-4-. The van der Waals surface area contributed by atoms with Gasteiger partial charge in [0.25, 0.3) is 0 Å². The third-order valence-corrected chi connectivity index (χ3v) is 1.95. The van der Waals surface area contributed by atoms with E-state index < -0.39 is 5.97 Å². The number of oxime groups is 1. The Morgan fingerprint density at radius 1 is 1.43 bits per heavy atom. The lowest BCUT2D eigenvalue weighted by molar-refractivity contribution is -0.128. The van der Waals surface area contributed by atoms with Gasteiger partial charge >= 0.3 is 5.97 Å². The topological polar surface area (TPSA) is 58.9 Å². The molecule has 0 saturated heterocycles. The number of carboxylic acids is 1. The molecular formula is C8H5Cl2NO3. The number of aliphatic carboxylic acids is 1. The molecule has 1 aromatic carbocycles. The molecule has 0 unspecified atom stereocenters. The molecule has 1 N–H and O–H groups in total. The molecule has 0 fully saturated rings. The van der Waals surface area contributed by atoms with Crippen molar-refractivity contribution in [1.82, 2.24) is 0 Å². The van der Waals surface area contributed by atoms with Gasteiger partial charge in [0.1, 0.15) is 0 Å². The van der Waals surface area contributed by atoms with E-state index in [0.717, 1.165) is 0 Å². The van der Waals surface area contributed by atoms with Crippen LogP contribution in [0.4, 0.5) is 0 Å². The zero-order chi connectivity index (χ0) is 10.6. The molecule has 0 spiro atoms. The fourth-order valence-corrected chi connectivity index (χ4v) is 0.954. The van der Waals surface area contributed by atoms with E-state index in [1.807, 2.05) is 0 Å². The lowest BCUT2D eigenvalue weighted by atomic mass is 10.3. The number of carboxylic acid groups (broad SMARTS) is 1. The minimum Gasteiger partial charge on any atom is -0.477 e. The SMILES string of the molecule is O=C(O)/C=N\Oc1ccc(Cl)c(Cl)c1. The fraction of sp³-hybridized carbons (Fsp3) is 0. The molecule has 0 bridgehead atoms. The third-order valence-electron chi connectivity index (χ3n) is 1.21. The first-order chi connectivity index (χ1) is 6.59. The van der Waals surface area contributed by atoms with Gasteiger partial charge in [-0.25, -0.2) is 4.79 Å². The van der Waals surface area contributed by atoms with Crippen molar-refractivity contribution in [1.29, 1.82) is 0 Å². The molecule has 0 aliphatic heterocycles. The summed E-state index contributed by atoms with van der Waals surface area (Å²) in [6.45, 7) is 0. The average Bonchev–Trinajstić information content (AvgIpc) is 2.10. The zero-order valence-corrected chi connectivity index (χ0v) is 8.29. The van der Waals surface area contributed by atoms with E-state index in [0.29, 0.717) is 22.0 Å². The van der Waals surface area contributed by atoms with Crippen molar-refractivity contribution in [2.45, 2.75) is 0 Å². The molecule has 4 nitrogen and oxygen atoms in total. The number of benzene rings is 1. The van der Waals surface area contributed by atoms with Gasteiger partial charge in [0.05, 0.1) is 10.0 Å². The predicted octanol–water partition coefficient (Wildman–Crippen LogP) is 2.44. The molecule has 0 saturated carbocycles. The second-order valence-corrected chi connectivity index (χ2v) is 3.05. The molecule has 0 amide bonds. The van der Waals surface area contributed by atoms with Crippen LogP contribution < -0.4 is 4.84 Å². The van der Waals surface area contributed by atoms with Crippen LogP contribution in [0.1, 0.15) is 0 Å². The van der Waals surface area contributed by atoms with E-state index in [-0.39, 0.29) is 0 Å². The van der Waals surface area contributed by atoms with Gasteiger partial charge < -0.3 is 9.94 Å². The highest BCUT2D eigenvalue weighted by molar-refractivity contribution is 6.42. The summed E-state index contributed by atoms with van der Waals surface area (Å²) < 4.78 is 0. The predicted molar refractivity (Wildman–Crippen MR) is 53.2 cm³/mol. The third kappa shape index (κ3) is 3.24. The molecule has 1 rings (SSSR count). The number of halogens is 2. The summed E-state index contributed by atoms with van der Waals surface area (Å²) >= 11 is 11.3. The molecule has 0 aromatic heterocycles. The molecule has 74 valence electrons. The Balaban J connectivity index is 2.69. The number of nitrogens with zero attached hydrogens (tertiary/aromatic N) is 1. The van der Waals surface area contributed by atoms with Crippen molar-refractivity contribution < 1.29 is 14.7 Å². The molecular weight excluding hydrogens is 229 g/mol. The first kappa shape index (κ1) is 10.8. The lowest BCUT2D eigenvalue weighted by Gasteiger charge is -1.99. The van der Waals surface area contributed by atoms with E-state index in [1.54, 1.807) is 0 Å². The van der Waals surface area contributed by atoms with Gasteiger partial charge in [-0.05, 0) is 12.1 Å². The Morgan fingerprint density at radius 3 is 2.71 bits per heavy atom. The van der Waals surface area contributed by atoms with Gasteiger partial charge in [-0.2, -0.15) is 0 Å². The quantitative estimate of drug-likeness (QED) is 0.645. The van der Waals surface area contributed by atoms with Crippen LogP contribution >= 0.6 is 23.2 Å². The van der Waals surface area contributed by atoms with E-state index in [9.17, 15) is 4.79 Å². The summed E-state index contributed by atoms with van der Waals surface area (Å²) in [5, 5.41) is 12.1. The van der Waals surface area contributed by atoms with Gasteiger partial charge in [-0.3, -0.25) is 0 Å². The van der Waals surface area contributed by atoms with Crippen LogP contribution in [0.2, 0.25) is 10.0 Å². The van der Waals surface area contributed by atoms with Gasteiger partial charge in [0, 0.05) is 6.07 Å². The molecule has 0 atom stereocenters. The molecule has 1 aromatic rings. The van der Waals surface area contributed by atoms with Crippen molar-refractivity contribution in [2.24, 2.45) is 5.16 Å². The molecule has 0 heterocycles. The van der Waals surface area contributed by atoms with Crippen molar-refractivity contribution in [2.75, 3.05) is 0 Å². The maximum absolute atomic E-state index is 10.0. The van der Waals surface area contributed by atoms with Crippen LogP contribution in [0, 0.1) is 0 Å². The Bertz CT molecular complexity index is 379. The van der Waals surface area contributed by atoms with Crippen LogP contribution in [0.5, 0.6) is 5.75 Å². The van der Waals surface area contributed by atoms with Gasteiger partial charge in [0.2, 0.25) is 0 Å². The summed E-state index contributed by atoms with van der Waals surface area (Å²) in [7, 11) is 0. The van der Waals surface area contributed by atoms with Crippen LogP contribution in [-0.4, -0.2) is 17.3 Å². The fourth-order valence-electron chi connectivity index (χ4n) is 0.666. The minimum atomic E-state index is -1.19. The number of rotatable bonds is 3. The average molecular weight is 234 g/mol. The van der Waals surface area contributed by atoms with E-state index in [4.69, 9.17) is 33.1 Å². The van der Waals surface area contributed by atoms with Crippen molar-refractivity contribution >= 4 is 35.4 Å². The first-order valence-corrected chi connectivity index (χ1v) is 4.23. The maximum Gasteiger partial charge on any atom is 0.350 e. The largest absolute Gasteiger partial charge is 0.477 e. The molecule has 6 heteroatoms. The maximum atomic E-state index is 10.0. The van der Waals surface area contributed by atoms with Crippen molar-refractivity contribution in [3.05, 3.63) is 28.2 Å². The summed E-state index contributed by atoms with van der Waals surface area (Å²) in [5.41, 5.74) is 0. The van der Waals surface area contributed by atoms with Crippen molar-refractivity contribution in [3.8, 4) is 5.75 Å². The van der Waals surface area contributed by atoms with Crippen LogP contribution in [0.25, 0.3) is 0 Å². The second-order valence-electron chi connectivity index (χ2n) is 2.24. The van der Waals surface area contributed by atoms with Crippen molar-refractivity contribution in [3.63, 3.8) is 0 Å². The highest BCUT2D eigenvalue weighted by atomic mass is 35.5. The molecule has 0 aliphatic rings. The van der Waals surface area contributed by atoms with Gasteiger partial charge in [-0.1, -0.05) is 28.4 Å². The Morgan fingerprint density at radius 2 is 2.14 bits per heavy atom. The Hall–Kier alpha value is -1.26. The Labute approximate surface area is 89.7 Å². The van der Waals surface area contributed by atoms with Gasteiger partial charge in [0.15, 0.2) is 12.0 Å². The number of hydrogen-bond acceptors (Lipinski definition) is 3. The highest BCUT2D eigenvalue weighted by Gasteiger charge is 1.99. The molecule has 14 heavy (non-hydrogen) atoms. The monoisotopic (exact) mass is 233 g/mol. The smallest absolute Gasteiger partial charge is 0.350 e. The van der Waals surface area contributed by atoms with E-state index in [2.05, 4.69) is 5.16 Å². The molecule has 0 aliphatic carbocycles. The highest BCUT2D eigenvalue weighted by Crippen LogP contribution is 2.26. The zero-order valence-electron chi connectivity index (χ0n) is 6.78. The Kier molecular flexibility index (Phi) is 3.73. The minimum absolute atomic E-state index is 0.315. The van der Waals surface area contributed by atoms with E-state index in [1.165, 1.54) is 18.2 Å². The lowest BCUT2D eigenvalue weighted by Crippen LogP contribution is -1.96. The van der Waals surface area contributed by atoms with Gasteiger partial charge in [-0.15, -0.1) is 0 Å². The molecule has 0 radical (unpaired) electrons. The first-order valence-electron chi connectivity index (χ1n) is 3.48. The number of hydrogen-bond donors (Lipinski definition) is 1. The van der Waals surface area contributed by atoms with Crippen LogP contribution in [0.3, 0.4) is 0 Å². The number of carbonyl (C=O) groups is 1. The normalized spacial score (nSPS) is 10.4. The van der Waals surface area contributed by atoms with Crippen LogP contribution in [-0.2, 0) is 4.79 Å². The summed E-state index contributed by atoms with van der Waals surface area (Å²) in [6.07, 6.45) is 0.627. The van der Waals surface area contributed by atoms with E-state index >= 15 is 0 Å². The summed E-state index contributed by atoms with van der Waals surface area (Å²) in [6, 6.07) is 4.48. The summed E-state index contributed by atoms with van der Waals surface area (Å²) in [4.78, 5) is 14.7. The van der Waals surface area contributed by atoms with Crippen LogP contribution in [0.15, 0.2) is 23.4 Å². The second kappa shape index (κ2) is 4.83. The summed E-state index contributed by atoms with van der Waals surface area (Å²) in [5.74, 6) is -0.873.